The van der Waals surface area contributed by atoms with Gasteiger partial charge in [0.05, 0.1) is 24.8 Å². The Kier molecular flexibility index (Phi) is 4.18. The minimum atomic E-state index is -0.354. The van der Waals surface area contributed by atoms with Crippen LogP contribution in [0.25, 0.3) is 11.3 Å². The van der Waals surface area contributed by atoms with Crippen LogP contribution in [-0.4, -0.2) is 30.6 Å². The summed E-state index contributed by atoms with van der Waals surface area (Å²) in [7, 11) is 1.38. The second-order valence-electron chi connectivity index (χ2n) is 5.68. The van der Waals surface area contributed by atoms with Crippen LogP contribution in [-0.2, 0) is 11.2 Å². The smallest absolute Gasteiger partial charge is 0.414 e. The molecule has 0 bridgehead atoms. The first-order chi connectivity index (χ1) is 12.7. The summed E-state index contributed by atoms with van der Waals surface area (Å²) in [6, 6.07) is 9.08. The zero-order chi connectivity index (χ0) is 18.1. The van der Waals surface area contributed by atoms with Crippen molar-refractivity contribution in [1.82, 2.24) is 4.98 Å². The number of thiazole rings is 1. The van der Waals surface area contributed by atoms with Gasteiger partial charge in [-0.1, -0.05) is 6.07 Å². The summed E-state index contributed by atoms with van der Waals surface area (Å²) in [6.45, 7) is 0.604. The van der Waals surface area contributed by atoms with Gasteiger partial charge in [-0.3, -0.25) is 15.0 Å². The summed E-state index contributed by atoms with van der Waals surface area (Å²) in [5, 5.41) is 5.10. The molecule has 7 nitrogen and oxygen atoms in total. The Morgan fingerprint density at radius 1 is 1.35 bits per heavy atom. The Bertz CT molecular complexity index is 965. The maximum absolute atomic E-state index is 12.0. The minimum Gasteiger partial charge on any atom is -0.459 e. The average Bonchev–Trinajstić information content (AvgIpc) is 3.40. The van der Waals surface area contributed by atoms with Crippen molar-refractivity contribution in [3.63, 3.8) is 0 Å². The fourth-order valence-electron chi connectivity index (χ4n) is 2.89. The van der Waals surface area contributed by atoms with Crippen molar-refractivity contribution in [1.29, 1.82) is 0 Å². The Morgan fingerprint density at radius 3 is 3.00 bits per heavy atom. The molecule has 1 N–H and O–H groups in total. The molecule has 1 aromatic carbocycles. The molecule has 3 heterocycles. The molecule has 4 rings (SSSR count). The molecule has 0 fully saturated rings. The van der Waals surface area contributed by atoms with Crippen LogP contribution in [0.4, 0.5) is 15.6 Å². The van der Waals surface area contributed by atoms with Gasteiger partial charge in [-0.25, -0.2) is 9.78 Å². The molecule has 0 atom stereocenters. The molecule has 0 radical (unpaired) electrons. The Labute approximate surface area is 153 Å². The Morgan fingerprint density at radius 2 is 2.23 bits per heavy atom. The van der Waals surface area contributed by atoms with Crippen molar-refractivity contribution >= 4 is 34.2 Å². The summed E-state index contributed by atoms with van der Waals surface area (Å²) in [6.07, 6.45) is 1.86. The standard InChI is InChI=1S/C18H15N3O4S/c1-24-18(23)21-7-6-12-9-11(4-5-14(12)21)13-10-26-17(19-13)20-16(22)15-3-2-8-25-15/h2-5,8-10H,6-7H2,1H3,(H,19,20,22). The maximum Gasteiger partial charge on any atom is 0.414 e. The molecule has 1 aliphatic rings. The first kappa shape index (κ1) is 16.3. The minimum absolute atomic E-state index is 0.238. The quantitative estimate of drug-likeness (QED) is 0.759. The van der Waals surface area contributed by atoms with Crippen LogP contribution in [0.3, 0.4) is 0 Å². The predicted octanol–water partition coefficient (Wildman–Crippen LogP) is 3.78. The SMILES string of the molecule is COC(=O)N1CCc2cc(-c3csc(NC(=O)c4ccco4)n3)ccc21. The van der Waals surface area contributed by atoms with Gasteiger partial charge in [-0.15, -0.1) is 11.3 Å². The van der Waals surface area contributed by atoms with E-state index in [2.05, 4.69) is 10.3 Å². The molecule has 2 amide bonds. The van der Waals surface area contributed by atoms with Gasteiger partial charge >= 0.3 is 6.09 Å². The molecule has 0 saturated carbocycles. The van der Waals surface area contributed by atoms with Crippen LogP contribution in [0.2, 0.25) is 0 Å². The molecule has 26 heavy (non-hydrogen) atoms. The van der Waals surface area contributed by atoms with Gasteiger partial charge in [-0.05, 0) is 36.2 Å². The lowest BCUT2D eigenvalue weighted by atomic mass is 10.1. The summed E-state index contributed by atoms with van der Waals surface area (Å²) < 4.78 is 9.88. The monoisotopic (exact) mass is 369 g/mol. The fraction of sp³-hybridized carbons (Fsp3) is 0.167. The van der Waals surface area contributed by atoms with E-state index in [1.165, 1.54) is 24.7 Å². The highest BCUT2D eigenvalue weighted by Crippen LogP contribution is 2.33. The summed E-state index contributed by atoms with van der Waals surface area (Å²) in [4.78, 5) is 29.9. The third kappa shape index (κ3) is 2.95. The third-order valence-electron chi connectivity index (χ3n) is 4.14. The number of hydrogen-bond acceptors (Lipinski definition) is 6. The molecule has 8 heteroatoms. The number of methoxy groups -OCH3 is 1. The van der Waals surface area contributed by atoms with Gasteiger partial charge < -0.3 is 9.15 Å². The summed E-state index contributed by atoms with van der Waals surface area (Å²) >= 11 is 1.34. The van der Waals surface area contributed by atoms with Gasteiger partial charge in [0, 0.05) is 17.5 Å². The number of carbonyl (C=O) groups excluding carboxylic acids is 2. The Hall–Kier alpha value is -3.13. The number of benzene rings is 1. The molecular weight excluding hydrogens is 354 g/mol. The number of carbonyl (C=O) groups is 2. The van der Waals surface area contributed by atoms with Gasteiger partial charge in [0.15, 0.2) is 10.9 Å². The van der Waals surface area contributed by atoms with Crippen LogP contribution in [0.15, 0.2) is 46.4 Å². The largest absolute Gasteiger partial charge is 0.459 e. The highest BCUT2D eigenvalue weighted by molar-refractivity contribution is 7.14. The topological polar surface area (TPSA) is 84.7 Å². The maximum atomic E-state index is 12.0. The predicted molar refractivity (Wildman–Crippen MR) is 97.7 cm³/mol. The first-order valence-electron chi connectivity index (χ1n) is 7.95. The first-order valence-corrected chi connectivity index (χ1v) is 8.83. The molecule has 0 aliphatic carbocycles. The van der Waals surface area contributed by atoms with Gasteiger partial charge in [0.1, 0.15) is 0 Å². The third-order valence-corrected chi connectivity index (χ3v) is 4.89. The molecule has 1 aliphatic heterocycles. The van der Waals surface area contributed by atoms with E-state index in [9.17, 15) is 9.59 Å². The van der Waals surface area contributed by atoms with Crippen molar-refractivity contribution < 1.29 is 18.7 Å². The van der Waals surface area contributed by atoms with Crippen molar-refractivity contribution in [2.24, 2.45) is 0 Å². The zero-order valence-corrected chi connectivity index (χ0v) is 14.7. The van der Waals surface area contributed by atoms with E-state index in [0.29, 0.717) is 11.7 Å². The lowest BCUT2D eigenvalue weighted by Crippen LogP contribution is -2.28. The number of amides is 2. The molecule has 0 saturated heterocycles. The number of nitrogens with one attached hydrogen (secondary N) is 1. The van der Waals surface area contributed by atoms with Crippen molar-refractivity contribution in [2.75, 3.05) is 23.9 Å². The number of ether oxygens (including phenoxy) is 1. The fourth-order valence-corrected chi connectivity index (χ4v) is 3.61. The molecule has 132 valence electrons. The molecule has 0 unspecified atom stereocenters. The van der Waals surface area contributed by atoms with Crippen LogP contribution >= 0.6 is 11.3 Å². The number of furan rings is 1. The molecular formula is C18H15N3O4S. The van der Waals surface area contributed by atoms with E-state index in [1.54, 1.807) is 17.0 Å². The molecule has 0 spiro atoms. The van der Waals surface area contributed by atoms with E-state index in [4.69, 9.17) is 9.15 Å². The lowest BCUT2D eigenvalue weighted by Gasteiger charge is -2.15. The van der Waals surface area contributed by atoms with E-state index < -0.39 is 0 Å². The number of nitrogens with zero attached hydrogens (tertiary/aromatic N) is 2. The van der Waals surface area contributed by atoms with Crippen LogP contribution in [0, 0.1) is 0 Å². The van der Waals surface area contributed by atoms with Crippen molar-refractivity contribution in [3.8, 4) is 11.3 Å². The van der Waals surface area contributed by atoms with Crippen LogP contribution in [0.1, 0.15) is 16.1 Å². The highest BCUT2D eigenvalue weighted by Gasteiger charge is 2.25. The summed E-state index contributed by atoms with van der Waals surface area (Å²) in [5.41, 5.74) is 3.64. The molecule has 3 aromatic rings. The van der Waals surface area contributed by atoms with E-state index in [0.717, 1.165) is 28.9 Å². The van der Waals surface area contributed by atoms with E-state index in [-0.39, 0.29) is 17.8 Å². The van der Waals surface area contributed by atoms with Gasteiger partial charge in [-0.2, -0.15) is 0 Å². The van der Waals surface area contributed by atoms with Crippen LogP contribution in [0.5, 0.6) is 0 Å². The van der Waals surface area contributed by atoms with Gasteiger partial charge in [0.25, 0.3) is 5.91 Å². The number of aromatic nitrogens is 1. The normalized spacial score (nSPS) is 12.7. The van der Waals surface area contributed by atoms with E-state index >= 15 is 0 Å². The second-order valence-corrected chi connectivity index (χ2v) is 6.54. The van der Waals surface area contributed by atoms with Crippen molar-refractivity contribution in [2.45, 2.75) is 6.42 Å². The lowest BCUT2D eigenvalue weighted by molar-refractivity contribution is 0.0996. The van der Waals surface area contributed by atoms with Crippen molar-refractivity contribution in [3.05, 3.63) is 53.3 Å². The number of anilines is 2. The van der Waals surface area contributed by atoms with Gasteiger partial charge in [0.2, 0.25) is 0 Å². The van der Waals surface area contributed by atoms with E-state index in [1.807, 2.05) is 23.6 Å². The summed E-state index contributed by atoms with van der Waals surface area (Å²) in [5.74, 6) is -0.0965. The number of rotatable bonds is 3. The molecule has 2 aromatic heterocycles. The average molecular weight is 369 g/mol. The second kappa shape index (κ2) is 6.64. The van der Waals surface area contributed by atoms with Crippen LogP contribution < -0.4 is 10.2 Å². The Balaban J connectivity index is 1.53. The zero-order valence-electron chi connectivity index (χ0n) is 13.9. The number of fused-ring (bicyclic) bond motifs is 1. The number of hydrogen-bond donors (Lipinski definition) is 1. The highest BCUT2D eigenvalue weighted by atomic mass is 32.1.